The lowest BCUT2D eigenvalue weighted by Crippen LogP contribution is -2.00. The molecular weight excluding hydrogens is 202 g/mol. The van der Waals surface area contributed by atoms with E-state index < -0.39 is 5.97 Å². The van der Waals surface area contributed by atoms with Crippen LogP contribution in [0.25, 0.3) is 0 Å². The monoisotopic (exact) mass is 217 g/mol. The second-order valence-corrected chi connectivity index (χ2v) is 4.21. The molecule has 1 aromatic rings. The van der Waals surface area contributed by atoms with Crippen LogP contribution in [0.15, 0.2) is 17.1 Å². The molecule has 2 rings (SSSR count). The Morgan fingerprint density at radius 1 is 1.50 bits per heavy atom. The zero-order chi connectivity index (χ0) is 11.7. The van der Waals surface area contributed by atoms with E-state index in [1.54, 1.807) is 12.1 Å². The fourth-order valence-corrected chi connectivity index (χ4v) is 2.12. The number of hydrogen-bond donors (Lipinski definition) is 1. The highest BCUT2D eigenvalue weighted by molar-refractivity contribution is 5.96. The molecule has 1 N–H and O–H groups in total. The van der Waals surface area contributed by atoms with Gasteiger partial charge < -0.3 is 5.11 Å². The van der Waals surface area contributed by atoms with Gasteiger partial charge >= 0.3 is 5.97 Å². The van der Waals surface area contributed by atoms with Gasteiger partial charge in [0, 0.05) is 12.1 Å². The maximum Gasteiger partial charge on any atom is 0.335 e. The summed E-state index contributed by atoms with van der Waals surface area (Å²) in [6, 6.07) is 3.44. The highest BCUT2D eigenvalue weighted by Crippen LogP contribution is 2.32. The molecule has 0 radical (unpaired) electrons. The molecule has 1 aromatic carbocycles. The minimum absolute atomic E-state index is 0.365. The quantitative estimate of drug-likeness (QED) is 0.845. The Labute approximate surface area is 94.8 Å². The van der Waals surface area contributed by atoms with Gasteiger partial charge in [0.1, 0.15) is 0 Å². The molecule has 0 aromatic heterocycles. The number of aromatic carboxylic acids is 1. The second-order valence-electron chi connectivity index (χ2n) is 4.21. The number of aliphatic imine (C=N–C) groups is 1. The van der Waals surface area contributed by atoms with E-state index in [9.17, 15) is 4.79 Å². The first kappa shape index (κ1) is 10.9. The third kappa shape index (κ3) is 1.85. The average molecular weight is 217 g/mol. The van der Waals surface area contributed by atoms with Gasteiger partial charge in [0.05, 0.1) is 11.3 Å². The van der Waals surface area contributed by atoms with Gasteiger partial charge in [0.25, 0.3) is 0 Å². The number of hydrogen-bond acceptors (Lipinski definition) is 2. The van der Waals surface area contributed by atoms with Crippen molar-refractivity contribution >= 4 is 17.4 Å². The molecule has 0 saturated carbocycles. The number of benzene rings is 1. The van der Waals surface area contributed by atoms with Crippen LogP contribution in [0.3, 0.4) is 0 Å². The van der Waals surface area contributed by atoms with Gasteiger partial charge in [-0.1, -0.05) is 13.3 Å². The van der Waals surface area contributed by atoms with Crippen molar-refractivity contribution < 1.29 is 9.90 Å². The molecule has 0 aliphatic carbocycles. The Bertz CT molecular complexity index is 475. The van der Waals surface area contributed by atoms with Crippen LogP contribution in [0.2, 0.25) is 0 Å². The predicted molar refractivity (Wildman–Crippen MR) is 63.8 cm³/mol. The number of carbonyl (C=O) groups is 1. The smallest absolute Gasteiger partial charge is 0.335 e. The molecule has 1 aliphatic heterocycles. The number of nitrogens with zero attached hydrogens (tertiary/aromatic N) is 1. The number of carboxylic acid groups (broad SMARTS) is 1. The van der Waals surface area contributed by atoms with E-state index in [2.05, 4.69) is 11.9 Å². The van der Waals surface area contributed by atoms with Crippen molar-refractivity contribution in [1.29, 1.82) is 0 Å². The van der Waals surface area contributed by atoms with Crippen molar-refractivity contribution in [2.75, 3.05) is 0 Å². The van der Waals surface area contributed by atoms with Crippen molar-refractivity contribution in [3.8, 4) is 0 Å². The third-order valence-corrected chi connectivity index (χ3v) is 2.83. The molecular formula is C13H15NO2. The van der Waals surface area contributed by atoms with E-state index in [4.69, 9.17) is 5.11 Å². The Hall–Kier alpha value is -1.64. The number of rotatable bonds is 3. The number of aryl methyl sites for hydroxylation is 1. The van der Waals surface area contributed by atoms with Gasteiger partial charge in [0.2, 0.25) is 0 Å². The SMILES string of the molecule is CCCC1=Nc2c(C)cc(C(=O)O)cc2C1. The van der Waals surface area contributed by atoms with Gasteiger partial charge in [0.15, 0.2) is 0 Å². The standard InChI is InChI=1S/C13H15NO2/c1-3-4-11-7-9-6-10(13(15)16)5-8(2)12(9)14-11/h5-6H,3-4,7H2,1-2H3,(H,15,16). The number of carboxylic acids is 1. The summed E-state index contributed by atoms with van der Waals surface area (Å²) in [5.74, 6) is -0.866. The third-order valence-electron chi connectivity index (χ3n) is 2.83. The van der Waals surface area contributed by atoms with Crippen LogP contribution in [-0.4, -0.2) is 16.8 Å². The van der Waals surface area contributed by atoms with Gasteiger partial charge in [-0.3, -0.25) is 4.99 Å². The molecule has 0 bridgehead atoms. The molecule has 0 spiro atoms. The molecule has 16 heavy (non-hydrogen) atoms. The summed E-state index contributed by atoms with van der Waals surface area (Å²) in [5.41, 5.74) is 4.53. The Balaban J connectivity index is 2.38. The molecule has 1 aliphatic rings. The highest BCUT2D eigenvalue weighted by Gasteiger charge is 2.18. The lowest BCUT2D eigenvalue weighted by molar-refractivity contribution is 0.0696. The summed E-state index contributed by atoms with van der Waals surface area (Å²) in [4.78, 5) is 15.5. The lowest BCUT2D eigenvalue weighted by atomic mass is 10.0. The molecule has 3 heteroatoms. The summed E-state index contributed by atoms with van der Waals surface area (Å²) < 4.78 is 0. The first-order valence-corrected chi connectivity index (χ1v) is 5.55. The topological polar surface area (TPSA) is 49.7 Å². The minimum Gasteiger partial charge on any atom is -0.478 e. The van der Waals surface area contributed by atoms with E-state index in [-0.39, 0.29) is 0 Å². The van der Waals surface area contributed by atoms with Crippen molar-refractivity contribution in [3.05, 3.63) is 28.8 Å². The summed E-state index contributed by atoms with van der Waals surface area (Å²) in [5, 5.41) is 8.97. The van der Waals surface area contributed by atoms with Gasteiger partial charge in [-0.15, -0.1) is 0 Å². The largest absolute Gasteiger partial charge is 0.478 e. The maximum absolute atomic E-state index is 10.9. The van der Waals surface area contributed by atoms with Crippen LogP contribution in [0.1, 0.15) is 41.3 Å². The molecule has 0 amide bonds. The van der Waals surface area contributed by atoms with Gasteiger partial charge in [-0.2, -0.15) is 0 Å². The fourth-order valence-electron chi connectivity index (χ4n) is 2.12. The molecule has 84 valence electrons. The first-order valence-electron chi connectivity index (χ1n) is 5.55. The summed E-state index contributed by atoms with van der Waals surface area (Å²) >= 11 is 0. The van der Waals surface area contributed by atoms with Crippen LogP contribution in [0.5, 0.6) is 0 Å². The van der Waals surface area contributed by atoms with Crippen molar-refractivity contribution in [1.82, 2.24) is 0 Å². The summed E-state index contributed by atoms with van der Waals surface area (Å²) in [6.07, 6.45) is 2.89. The highest BCUT2D eigenvalue weighted by atomic mass is 16.4. The Morgan fingerprint density at radius 3 is 2.88 bits per heavy atom. The summed E-state index contributed by atoms with van der Waals surface area (Å²) in [6.45, 7) is 4.05. The normalized spacial score (nSPS) is 13.5. The van der Waals surface area contributed by atoms with Gasteiger partial charge in [-0.25, -0.2) is 4.79 Å². The molecule has 1 heterocycles. The second kappa shape index (κ2) is 4.08. The zero-order valence-electron chi connectivity index (χ0n) is 9.58. The molecule has 0 saturated heterocycles. The van der Waals surface area contributed by atoms with Crippen LogP contribution in [0, 0.1) is 6.92 Å². The zero-order valence-corrected chi connectivity index (χ0v) is 9.58. The first-order chi connectivity index (χ1) is 7.61. The van der Waals surface area contributed by atoms with E-state index in [0.29, 0.717) is 5.56 Å². The van der Waals surface area contributed by atoms with Crippen molar-refractivity contribution in [2.24, 2.45) is 4.99 Å². The van der Waals surface area contributed by atoms with E-state index >= 15 is 0 Å². The average Bonchev–Trinajstić information content (AvgIpc) is 2.61. The summed E-state index contributed by atoms with van der Waals surface area (Å²) in [7, 11) is 0. The van der Waals surface area contributed by atoms with Crippen LogP contribution >= 0.6 is 0 Å². The molecule has 0 unspecified atom stereocenters. The van der Waals surface area contributed by atoms with E-state index in [1.807, 2.05) is 6.92 Å². The van der Waals surface area contributed by atoms with Crippen molar-refractivity contribution in [3.63, 3.8) is 0 Å². The van der Waals surface area contributed by atoms with Crippen molar-refractivity contribution in [2.45, 2.75) is 33.1 Å². The van der Waals surface area contributed by atoms with Crippen LogP contribution in [0.4, 0.5) is 5.69 Å². The van der Waals surface area contributed by atoms with Crippen LogP contribution < -0.4 is 0 Å². The molecule has 0 atom stereocenters. The fraction of sp³-hybridized carbons (Fsp3) is 0.385. The minimum atomic E-state index is -0.866. The van der Waals surface area contributed by atoms with E-state index in [1.165, 1.54) is 5.71 Å². The molecule has 3 nitrogen and oxygen atoms in total. The Morgan fingerprint density at radius 2 is 2.25 bits per heavy atom. The maximum atomic E-state index is 10.9. The van der Waals surface area contributed by atoms with Gasteiger partial charge in [-0.05, 0) is 36.6 Å². The lowest BCUT2D eigenvalue weighted by Gasteiger charge is -2.03. The van der Waals surface area contributed by atoms with E-state index in [0.717, 1.165) is 36.1 Å². The Kier molecular flexibility index (Phi) is 2.77. The predicted octanol–water partition coefficient (Wildman–Crippen LogP) is 3.12. The number of fused-ring (bicyclic) bond motifs is 1. The molecule has 0 fully saturated rings. The van der Waals surface area contributed by atoms with Crippen LogP contribution in [-0.2, 0) is 6.42 Å².